The number of pyridine rings is 1. The smallest absolute Gasteiger partial charge is 0.256 e. The van der Waals surface area contributed by atoms with Gasteiger partial charge in [0.2, 0.25) is 5.91 Å². The zero-order chi connectivity index (χ0) is 13.5. The molecule has 3 N–H and O–H groups in total. The molecular formula is C12H17N3O3. The van der Waals surface area contributed by atoms with E-state index in [1.165, 1.54) is 18.5 Å². The van der Waals surface area contributed by atoms with E-state index in [0.717, 1.165) is 0 Å². The van der Waals surface area contributed by atoms with Crippen molar-refractivity contribution in [2.45, 2.75) is 13.8 Å². The van der Waals surface area contributed by atoms with Gasteiger partial charge in [0.05, 0.1) is 0 Å². The number of carbonyl (C=O) groups is 2. The Labute approximate surface area is 105 Å². The molecule has 0 radical (unpaired) electrons. The van der Waals surface area contributed by atoms with E-state index >= 15 is 0 Å². The summed E-state index contributed by atoms with van der Waals surface area (Å²) in [4.78, 5) is 36.8. The van der Waals surface area contributed by atoms with Crippen LogP contribution in [0, 0.1) is 5.92 Å². The lowest BCUT2D eigenvalue weighted by atomic mass is 10.2. The van der Waals surface area contributed by atoms with Gasteiger partial charge in [-0.1, -0.05) is 13.8 Å². The molecule has 18 heavy (non-hydrogen) atoms. The van der Waals surface area contributed by atoms with Gasteiger partial charge in [0.25, 0.3) is 5.91 Å². The molecule has 0 unspecified atom stereocenters. The zero-order valence-electron chi connectivity index (χ0n) is 10.4. The van der Waals surface area contributed by atoms with E-state index in [4.69, 9.17) is 0 Å². The highest BCUT2D eigenvalue weighted by atomic mass is 16.2. The van der Waals surface area contributed by atoms with Crippen molar-refractivity contribution in [1.29, 1.82) is 0 Å². The summed E-state index contributed by atoms with van der Waals surface area (Å²) in [7, 11) is 0. The Hall–Kier alpha value is -2.11. The lowest BCUT2D eigenvalue weighted by Crippen LogP contribution is -2.37. The molecule has 2 amide bonds. The molecule has 1 heterocycles. The number of nitrogens with one attached hydrogen (secondary N) is 3. The van der Waals surface area contributed by atoms with Gasteiger partial charge in [-0.3, -0.25) is 14.4 Å². The summed E-state index contributed by atoms with van der Waals surface area (Å²) < 4.78 is 0. The third-order valence-corrected chi connectivity index (χ3v) is 2.30. The summed E-state index contributed by atoms with van der Waals surface area (Å²) >= 11 is 0. The van der Waals surface area contributed by atoms with Crippen LogP contribution in [0.1, 0.15) is 24.2 Å². The second-order valence-corrected chi connectivity index (χ2v) is 4.12. The molecule has 0 aliphatic carbocycles. The lowest BCUT2D eigenvalue weighted by Gasteiger charge is -2.08. The third kappa shape index (κ3) is 4.04. The molecular weight excluding hydrogens is 234 g/mol. The van der Waals surface area contributed by atoms with E-state index in [1.54, 1.807) is 13.8 Å². The van der Waals surface area contributed by atoms with Crippen molar-refractivity contribution in [3.8, 4) is 0 Å². The van der Waals surface area contributed by atoms with Crippen molar-refractivity contribution in [2.24, 2.45) is 5.92 Å². The molecule has 0 aliphatic rings. The van der Waals surface area contributed by atoms with Crippen molar-refractivity contribution in [3.05, 3.63) is 34.2 Å². The van der Waals surface area contributed by atoms with Crippen LogP contribution in [-0.2, 0) is 4.79 Å². The molecule has 98 valence electrons. The van der Waals surface area contributed by atoms with E-state index in [-0.39, 0.29) is 29.4 Å². The molecule has 0 aromatic carbocycles. The average molecular weight is 251 g/mol. The molecule has 0 bridgehead atoms. The van der Waals surface area contributed by atoms with Gasteiger partial charge in [-0.25, -0.2) is 0 Å². The second kappa shape index (κ2) is 6.58. The SMILES string of the molecule is CC(C)C(=O)NCCNC(=O)c1c[nH]ccc1=O. The first kappa shape index (κ1) is 14.0. The van der Waals surface area contributed by atoms with Gasteiger partial charge in [0.1, 0.15) is 5.56 Å². The van der Waals surface area contributed by atoms with Gasteiger partial charge < -0.3 is 15.6 Å². The Kier molecular flexibility index (Phi) is 5.10. The topological polar surface area (TPSA) is 91.1 Å². The number of hydrogen-bond acceptors (Lipinski definition) is 3. The van der Waals surface area contributed by atoms with Crippen molar-refractivity contribution >= 4 is 11.8 Å². The minimum Gasteiger partial charge on any atom is -0.367 e. The van der Waals surface area contributed by atoms with Gasteiger partial charge in [-0.15, -0.1) is 0 Å². The van der Waals surface area contributed by atoms with Gasteiger partial charge in [0, 0.05) is 37.5 Å². The molecule has 6 heteroatoms. The normalized spacial score (nSPS) is 10.2. The van der Waals surface area contributed by atoms with E-state index in [9.17, 15) is 14.4 Å². The van der Waals surface area contributed by atoms with Gasteiger partial charge in [-0.05, 0) is 0 Å². The van der Waals surface area contributed by atoms with Gasteiger partial charge >= 0.3 is 0 Å². The Bertz CT molecular complexity index is 479. The van der Waals surface area contributed by atoms with Crippen LogP contribution in [0.4, 0.5) is 0 Å². The quantitative estimate of drug-likeness (QED) is 0.637. The predicted molar refractivity (Wildman–Crippen MR) is 67.2 cm³/mol. The van der Waals surface area contributed by atoms with Crippen molar-refractivity contribution in [2.75, 3.05) is 13.1 Å². The summed E-state index contributed by atoms with van der Waals surface area (Å²) in [5.41, 5.74) is -0.273. The predicted octanol–water partition coefficient (Wildman–Crippen LogP) is -0.123. The van der Waals surface area contributed by atoms with E-state index in [1.807, 2.05) is 0 Å². The molecule has 0 atom stereocenters. The van der Waals surface area contributed by atoms with Gasteiger partial charge in [0.15, 0.2) is 5.43 Å². The second-order valence-electron chi connectivity index (χ2n) is 4.12. The average Bonchev–Trinajstić information content (AvgIpc) is 2.34. The molecule has 6 nitrogen and oxygen atoms in total. The first-order chi connectivity index (χ1) is 8.52. The number of aromatic amines is 1. The van der Waals surface area contributed by atoms with Crippen molar-refractivity contribution < 1.29 is 9.59 Å². The van der Waals surface area contributed by atoms with Crippen LogP contribution in [0.15, 0.2) is 23.3 Å². The fourth-order valence-electron chi connectivity index (χ4n) is 1.25. The first-order valence-electron chi connectivity index (χ1n) is 5.75. The van der Waals surface area contributed by atoms with Crippen molar-refractivity contribution in [3.63, 3.8) is 0 Å². The van der Waals surface area contributed by atoms with Crippen LogP contribution >= 0.6 is 0 Å². The number of carbonyl (C=O) groups excluding carboxylic acids is 2. The number of amides is 2. The number of rotatable bonds is 5. The van der Waals surface area contributed by atoms with Crippen molar-refractivity contribution in [1.82, 2.24) is 15.6 Å². The Morgan fingerprint density at radius 3 is 2.56 bits per heavy atom. The maximum Gasteiger partial charge on any atom is 0.256 e. The van der Waals surface area contributed by atoms with Crippen LogP contribution in [-0.4, -0.2) is 29.9 Å². The molecule has 1 rings (SSSR count). The summed E-state index contributed by atoms with van der Waals surface area (Å²) in [6.45, 7) is 4.20. The highest BCUT2D eigenvalue weighted by Crippen LogP contribution is 1.89. The fourth-order valence-corrected chi connectivity index (χ4v) is 1.25. The molecule has 1 aromatic rings. The summed E-state index contributed by atoms with van der Waals surface area (Å²) in [6.07, 6.45) is 2.81. The fraction of sp³-hybridized carbons (Fsp3) is 0.417. The van der Waals surface area contributed by atoms with Crippen LogP contribution in [0.5, 0.6) is 0 Å². The maximum atomic E-state index is 11.6. The Morgan fingerprint density at radius 2 is 1.94 bits per heavy atom. The van der Waals surface area contributed by atoms with E-state index in [2.05, 4.69) is 15.6 Å². The zero-order valence-corrected chi connectivity index (χ0v) is 10.4. The number of aromatic nitrogens is 1. The summed E-state index contributed by atoms with van der Waals surface area (Å²) in [5.74, 6) is -0.602. The highest BCUT2D eigenvalue weighted by molar-refractivity contribution is 5.93. The minimum absolute atomic E-state index is 0.0627. The van der Waals surface area contributed by atoms with E-state index < -0.39 is 5.91 Å². The summed E-state index contributed by atoms with van der Waals surface area (Å²) in [5, 5.41) is 5.22. The van der Waals surface area contributed by atoms with Crippen LogP contribution < -0.4 is 16.1 Å². The molecule has 0 saturated heterocycles. The maximum absolute atomic E-state index is 11.6. The van der Waals surface area contributed by atoms with Crippen LogP contribution in [0.3, 0.4) is 0 Å². The van der Waals surface area contributed by atoms with E-state index in [0.29, 0.717) is 6.54 Å². The monoisotopic (exact) mass is 251 g/mol. The molecule has 1 aromatic heterocycles. The molecule has 0 spiro atoms. The molecule has 0 saturated carbocycles. The van der Waals surface area contributed by atoms with Crippen LogP contribution in [0.2, 0.25) is 0 Å². The Morgan fingerprint density at radius 1 is 1.28 bits per heavy atom. The molecule has 0 aliphatic heterocycles. The van der Waals surface area contributed by atoms with Crippen LogP contribution in [0.25, 0.3) is 0 Å². The largest absolute Gasteiger partial charge is 0.367 e. The first-order valence-corrected chi connectivity index (χ1v) is 5.75. The third-order valence-electron chi connectivity index (χ3n) is 2.30. The summed E-state index contributed by atoms with van der Waals surface area (Å²) in [6, 6.07) is 1.29. The number of hydrogen-bond donors (Lipinski definition) is 3. The highest BCUT2D eigenvalue weighted by Gasteiger charge is 2.09. The lowest BCUT2D eigenvalue weighted by molar-refractivity contribution is -0.123. The molecule has 0 fully saturated rings. The Balaban J connectivity index is 2.37. The standard InChI is InChI=1S/C12H17N3O3/c1-8(2)11(17)14-5-6-15-12(18)9-7-13-4-3-10(9)16/h3-4,7-8H,5-6H2,1-2H3,(H,13,16)(H,14,17)(H,15,18). The number of H-pyrrole nitrogens is 1. The van der Waals surface area contributed by atoms with Gasteiger partial charge in [-0.2, -0.15) is 0 Å². The minimum atomic E-state index is -0.448.